The zero-order chi connectivity index (χ0) is 15.5. The van der Waals surface area contributed by atoms with Crippen LogP contribution in [0.2, 0.25) is 0 Å². The maximum Gasteiger partial charge on any atom is 0.273 e. The van der Waals surface area contributed by atoms with Crippen LogP contribution in [0.4, 0.5) is 4.39 Å². The number of benzene rings is 1. The highest BCUT2D eigenvalue weighted by molar-refractivity contribution is 5.91. The van der Waals surface area contributed by atoms with Crippen LogP contribution < -0.4 is 5.32 Å². The van der Waals surface area contributed by atoms with E-state index in [9.17, 15) is 9.18 Å². The molecule has 1 aromatic heterocycles. The number of rotatable bonds is 4. The van der Waals surface area contributed by atoms with Crippen LogP contribution in [-0.2, 0) is 4.74 Å². The molecule has 0 unspecified atom stereocenters. The molecule has 3 rings (SSSR count). The highest BCUT2D eigenvalue weighted by atomic mass is 19.1. The van der Waals surface area contributed by atoms with Gasteiger partial charge >= 0.3 is 0 Å². The Hall–Kier alpha value is -2.28. The van der Waals surface area contributed by atoms with Gasteiger partial charge < -0.3 is 10.1 Å². The summed E-state index contributed by atoms with van der Waals surface area (Å²) in [5, 5.41) is 10.6. The standard InChI is InChI=1S/C15H17FN4O2/c1-10-7-11(4-5-13(10)16)20-9-14(18-19-20)15(21)17-8-12-3-2-6-22-12/h4-5,7,9,12H,2-3,6,8H2,1H3,(H,17,21)/t12-/m0/s1. The van der Waals surface area contributed by atoms with Crippen molar-refractivity contribution in [3.05, 3.63) is 41.5 Å². The Bertz CT molecular complexity index is 680. The summed E-state index contributed by atoms with van der Waals surface area (Å²) in [5.41, 5.74) is 1.39. The van der Waals surface area contributed by atoms with E-state index < -0.39 is 0 Å². The Morgan fingerprint density at radius 2 is 2.41 bits per heavy atom. The van der Waals surface area contributed by atoms with E-state index in [2.05, 4.69) is 15.6 Å². The number of carbonyl (C=O) groups excluding carboxylic acids is 1. The molecule has 7 heteroatoms. The van der Waals surface area contributed by atoms with Gasteiger partial charge in [0.2, 0.25) is 0 Å². The minimum absolute atomic E-state index is 0.0822. The molecule has 6 nitrogen and oxygen atoms in total. The zero-order valence-corrected chi connectivity index (χ0v) is 12.3. The largest absolute Gasteiger partial charge is 0.376 e. The average molecular weight is 304 g/mol. The Kier molecular flexibility index (Phi) is 4.15. The molecule has 1 atom stereocenters. The number of hydrogen-bond acceptors (Lipinski definition) is 4. The molecule has 1 saturated heterocycles. The van der Waals surface area contributed by atoms with Crippen LogP contribution in [0.25, 0.3) is 5.69 Å². The minimum Gasteiger partial charge on any atom is -0.376 e. The summed E-state index contributed by atoms with van der Waals surface area (Å²) in [7, 11) is 0. The van der Waals surface area contributed by atoms with Crippen molar-refractivity contribution in [1.82, 2.24) is 20.3 Å². The Labute approximate surface area is 127 Å². The molecule has 0 saturated carbocycles. The lowest BCUT2D eigenvalue weighted by Gasteiger charge is -2.09. The summed E-state index contributed by atoms with van der Waals surface area (Å²) in [6.45, 7) is 2.90. The summed E-state index contributed by atoms with van der Waals surface area (Å²) in [6.07, 6.45) is 3.60. The molecule has 1 amide bonds. The highest BCUT2D eigenvalue weighted by Crippen LogP contribution is 2.13. The van der Waals surface area contributed by atoms with Crippen molar-refractivity contribution in [3.63, 3.8) is 0 Å². The van der Waals surface area contributed by atoms with Gasteiger partial charge in [-0.25, -0.2) is 9.07 Å². The van der Waals surface area contributed by atoms with Crippen molar-refractivity contribution in [3.8, 4) is 5.69 Å². The third-order valence-electron chi connectivity index (χ3n) is 3.65. The first-order valence-electron chi connectivity index (χ1n) is 7.22. The van der Waals surface area contributed by atoms with Gasteiger partial charge in [-0.05, 0) is 43.5 Å². The van der Waals surface area contributed by atoms with Crippen molar-refractivity contribution in [1.29, 1.82) is 0 Å². The highest BCUT2D eigenvalue weighted by Gasteiger charge is 2.18. The second-order valence-electron chi connectivity index (χ2n) is 5.33. The van der Waals surface area contributed by atoms with E-state index in [4.69, 9.17) is 4.74 Å². The predicted octanol–water partition coefficient (Wildman–Crippen LogP) is 1.62. The van der Waals surface area contributed by atoms with Gasteiger partial charge in [-0.3, -0.25) is 4.79 Å². The minimum atomic E-state index is -0.291. The molecule has 0 aliphatic carbocycles. The number of halogens is 1. The van der Waals surface area contributed by atoms with E-state index in [0.717, 1.165) is 19.4 Å². The SMILES string of the molecule is Cc1cc(-n2cc(C(=O)NC[C@@H]3CCCO3)nn2)ccc1F. The van der Waals surface area contributed by atoms with Crippen molar-refractivity contribution < 1.29 is 13.9 Å². The van der Waals surface area contributed by atoms with Crippen LogP contribution in [0.15, 0.2) is 24.4 Å². The summed E-state index contributed by atoms with van der Waals surface area (Å²) in [5.74, 6) is -0.570. The fraction of sp³-hybridized carbons (Fsp3) is 0.400. The van der Waals surface area contributed by atoms with Crippen LogP contribution >= 0.6 is 0 Å². The predicted molar refractivity (Wildman–Crippen MR) is 77.4 cm³/mol. The lowest BCUT2D eigenvalue weighted by atomic mass is 10.2. The monoisotopic (exact) mass is 304 g/mol. The summed E-state index contributed by atoms with van der Waals surface area (Å²) >= 11 is 0. The molecule has 116 valence electrons. The van der Waals surface area contributed by atoms with Gasteiger partial charge in [0.25, 0.3) is 5.91 Å². The molecule has 0 radical (unpaired) electrons. The van der Waals surface area contributed by atoms with Gasteiger partial charge in [0.05, 0.1) is 18.0 Å². The Morgan fingerprint density at radius 1 is 1.55 bits per heavy atom. The number of carbonyl (C=O) groups is 1. The number of ether oxygens (including phenoxy) is 1. The zero-order valence-electron chi connectivity index (χ0n) is 12.3. The fourth-order valence-electron chi connectivity index (χ4n) is 2.37. The van der Waals surface area contributed by atoms with Gasteiger partial charge in [-0.15, -0.1) is 5.10 Å². The molecule has 1 aliphatic heterocycles. The third kappa shape index (κ3) is 3.14. The quantitative estimate of drug-likeness (QED) is 0.932. The number of nitrogens with zero attached hydrogens (tertiary/aromatic N) is 3. The molecule has 2 heterocycles. The van der Waals surface area contributed by atoms with Gasteiger partial charge in [-0.2, -0.15) is 0 Å². The van der Waals surface area contributed by atoms with E-state index in [1.807, 2.05) is 0 Å². The van der Waals surface area contributed by atoms with Crippen LogP contribution in [0.1, 0.15) is 28.9 Å². The van der Waals surface area contributed by atoms with Gasteiger partial charge in [-0.1, -0.05) is 5.21 Å². The molecular formula is C15H17FN4O2. The van der Waals surface area contributed by atoms with Crippen LogP contribution in [-0.4, -0.2) is 40.2 Å². The molecule has 0 bridgehead atoms. The van der Waals surface area contributed by atoms with Gasteiger partial charge in [0.15, 0.2) is 5.69 Å². The number of aryl methyl sites for hydroxylation is 1. The second kappa shape index (κ2) is 6.23. The van der Waals surface area contributed by atoms with Crippen molar-refractivity contribution >= 4 is 5.91 Å². The van der Waals surface area contributed by atoms with Crippen LogP contribution in [0, 0.1) is 12.7 Å². The second-order valence-corrected chi connectivity index (χ2v) is 5.33. The lowest BCUT2D eigenvalue weighted by Crippen LogP contribution is -2.31. The molecule has 1 fully saturated rings. The van der Waals surface area contributed by atoms with Crippen LogP contribution in [0.3, 0.4) is 0 Å². The first-order chi connectivity index (χ1) is 10.6. The molecule has 2 aromatic rings. The summed E-state index contributed by atoms with van der Waals surface area (Å²) in [6, 6.07) is 4.60. The number of amides is 1. The van der Waals surface area contributed by atoms with E-state index >= 15 is 0 Å². The smallest absolute Gasteiger partial charge is 0.273 e. The van der Waals surface area contributed by atoms with E-state index in [-0.39, 0.29) is 23.5 Å². The molecule has 1 aromatic carbocycles. The lowest BCUT2D eigenvalue weighted by molar-refractivity contribution is 0.0853. The molecule has 0 spiro atoms. The first-order valence-corrected chi connectivity index (χ1v) is 7.22. The maximum absolute atomic E-state index is 13.3. The summed E-state index contributed by atoms with van der Waals surface area (Å²) < 4.78 is 20.2. The number of hydrogen-bond donors (Lipinski definition) is 1. The van der Waals surface area contributed by atoms with Crippen molar-refractivity contribution in [2.45, 2.75) is 25.9 Å². The Morgan fingerprint density at radius 3 is 3.14 bits per heavy atom. The molecular weight excluding hydrogens is 287 g/mol. The molecule has 22 heavy (non-hydrogen) atoms. The number of aromatic nitrogens is 3. The first kappa shape index (κ1) is 14.6. The van der Waals surface area contributed by atoms with Crippen molar-refractivity contribution in [2.75, 3.05) is 13.2 Å². The number of nitrogens with one attached hydrogen (secondary N) is 1. The molecule has 1 aliphatic rings. The van der Waals surface area contributed by atoms with E-state index in [0.29, 0.717) is 17.8 Å². The summed E-state index contributed by atoms with van der Waals surface area (Å²) in [4.78, 5) is 12.0. The average Bonchev–Trinajstić information content (AvgIpc) is 3.18. The van der Waals surface area contributed by atoms with E-state index in [1.54, 1.807) is 19.1 Å². The maximum atomic E-state index is 13.3. The third-order valence-corrected chi connectivity index (χ3v) is 3.65. The Balaban J connectivity index is 1.67. The normalized spacial score (nSPS) is 17.6. The van der Waals surface area contributed by atoms with Crippen molar-refractivity contribution in [2.24, 2.45) is 0 Å². The van der Waals surface area contributed by atoms with E-state index in [1.165, 1.54) is 16.9 Å². The fourth-order valence-corrected chi connectivity index (χ4v) is 2.37. The molecule has 1 N–H and O–H groups in total. The van der Waals surface area contributed by atoms with Gasteiger partial charge in [0.1, 0.15) is 5.82 Å². The van der Waals surface area contributed by atoms with Crippen LogP contribution in [0.5, 0.6) is 0 Å². The topological polar surface area (TPSA) is 69.0 Å². The van der Waals surface area contributed by atoms with Gasteiger partial charge in [0, 0.05) is 13.2 Å².